The summed E-state index contributed by atoms with van der Waals surface area (Å²) in [5.74, 6) is -2.49. The number of benzene rings is 1. The number of carbonyl (C=O) groups excluding carboxylic acids is 1. The molecule has 1 aliphatic heterocycles. The molecule has 1 fully saturated rings. The number of carbonyl (C=O) groups is 2. The van der Waals surface area contributed by atoms with Crippen molar-refractivity contribution in [3.8, 4) is 0 Å². The van der Waals surface area contributed by atoms with E-state index in [-0.39, 0.29) is 11.7 Å². The maximum atomic E-state index is 12.4. The lowest BCUT2D eigenvalue weighted by atomic mass is 9.82. The van der Waals surface area contributed by atoms with Gasteiger partial charge in [-0.15, -0.1) is 0 Å². The third-order valence-corrected chi connectivity index (χ3v) is 6.48. The monoisotopic (exact) mass is 364 g/mol. The van der Waals surface area contributed by atoms with Gasteiger partial charge in [0.25, 0.3) is 0 Å². The predicted octanol–water partition coefficient (Wildman–Crippen LogP) is 1.83. The number of anilines is 2. The average molecular weight is 364 g/mol. The van der Waals surface area contributed by atoms with Crippen molar-refractivity contribution in [3.05, 3.63) is 36.4 Å². The van der Waals surface area contributed by atoms with Crippen LogP contribution < -0.4 is 9.62 Å². The minimum absolute atomic E-state index is 0.150. The quantitative estimate of drug-likeness (QED) is 0.793. The van der Waals surface area contributed by atoms with E-state index in [2.05, 4.69) is 5.32 Å². The molecule has 25 heavy (non-hydrogen) atoms. The topological polar surface area (TPSA) is 104 Å². The number of nitrogens with zero attached hydrogens (tertiary/aromatic N) is 1. The van der Waals surface area contributed by atoms with E-state index in [1.807, 2.05) is 6.08 Å². The second-order valence-electron chi connectivity index (χ2n) is 6.27. The van der Waals surface area contributed by atoms with Crippen LogP contribution >= 0.6 is 0 Å². The van der Waals surface area contributed by atoms with Crippen molar-refractivity contribution in [1.29, 1.82) is 0 Å². The Kier molecular flexibility index (Phi) is 4.80. The van der Waals surface area contributed by atoms with E-state index in [1.54, 1.807) is 30.3 Å². The van der Waals surface area contributed by atoms with Crippen LogP contribution in [-0.2, 0) is 19.6 Å². The van der Waals surface area contributed by atoms with Gasteiger partial charge in [0.05, 0.1) is 23.3 Å². The second kappa shape index (κ2) is 6.87. The molecule has 1 heterocycles. The summed E-state index contributed by atoms with van der Waals surface area (Å²) in [6.45, 7) is 0.461. The predicted molar refractivity (Wildman–Crippen MR) is 93.8 cm³/mol. The zero-order valence-electron chi connectivity index (χ0n) is 13.6. The van der Waals surface area contributed by atoms with Crippen molar-refractivity contribution < 1.29 is 23.1 Å². The molecule has 1 amide bonds. The molecule has 0 unspecified atom stereocenters. The summed E-state index contributed by atoms with van der Waals surface area (Å²) in [4.78, 5) is 23.7. The van der Waals surface area contributed by atoms with Gasteiger partial charge < -0.3 is 10.4 Å². The Labute approximate surface area is 146 Å². The second-order valence-corrected chi connectivity index (χ2v) is 8.28. The molecule has 8 heteroatoms. The summed E-state index contributed by atoms with van der Waals surface area (Å²) in [7, 11) is -3.24. The molecule has 1 aliphatic carbocycles. The zero-order valence-corrected chi connectivity index (χ0v) is 14.4. The molecular weight excluding hydrogens is 344 g/mol. The van der Waals surface area contributed by atoms with Crippen molar-refractivity contribution in [2.24, 2.45) is 11.8 Å². The van der Waals surface area contributed by atoms with Crippen LogP contribution in [0.5, 0.6) is 0 Å². The van der Waals surface area contributed by atoms with Crippen LogP contribution in [0.3, 0.4) is 0 Å². The highest BCUT2D eigenvalue weighted by Gasteiger charge is 2.34. The first kappa shape index (κ1) is 17.5. The van der Waals surface area contributed by atoms with Gasteiger partial charge in [-0.05, 0) is 43.5 Å². The van der Waals surface area contributed by atoms with Crippen LogP contribution in [-0.4, -0.2) is 37.7 Å². The fraction of sp³-hybridized carbons (Fsp3) is 0.412. The van der Waals surface area contributed by atoms with Crippen LogP contribution in [0.1, 0.15) is 19.3 Å². The normalized spacial score (nSPS) is 24.9. The molecule has 134 valence electrons. The first-order valence-electron chi connectivity index (χ1n) is 8.17. The van der Waals surface area contributed by atoms with Crippen LogP contribution in [0.25, 0.3) is 0 Å². The molecule has 2 N–H and O–H groups in total. The maximum absolute atomic E-state index is 12.4. The van der Waals surface area contributed by atoms with Crippen molar-refractivity contribution in [2.75, 3.05) is 21.9 Å². The van der Waals surface area contributed by atoms with Crippen molar-refractivity contribution in [2.45, 2.75) is 19.3 Å². The van der Waals surface area contributed by atoms with E-state index in [0.29, 0.717) is 37.2 Å². The van der Waals surface area contributed by atoms with Gasteiger partial charge >= 0.3 is 5.97 Å². The fourth-order valence-corrected chi connectivity index (χ4v) is 4.82. The summed E-state index contributed by atoms with van der Waals surface area (Å²) in [6, 6.07) is 6.56. The third-order valence-electron chi connectivity index (χ3n) is 4.61. The highest BCUT2D eigenvalue weighted by atomic mass is 32.2. The Balaban J connectivity index is 1.70. The molecule has 2 aliphatic rings. The number of amides is 1. The van der Waals surface area contributed by atoms with Crippen molar-refractivity contribution in [1.82, 2.24) is 0 Å². The van der Waals surface area contributed by atoms with E-state index in [4.69, 9.17) is 0 Å². The summed E-state index contributed by atoms with van der Waals surface area (Å²) in [5.41, 5.74) is 1.09. The van der Waals surface area contributed by atoms with Gasteiger partial charge in [-0.2, -0.15) is 0 Å². The fourth-order valence-electron chi connectivity index (χ4n) is 3.25. The molecular formula is C17H20N2O5S. The third kappa shape index (κ3) is 3.68. The number of rotatable bonds is 4. The largest absolute Gasteiger partial charge is 0.481 e. The summed E-state index contributed by atoms with van der Waals surface area (Å²) in [6.07, 6.45) is 4.96. The lowest BCUT2D eigenvalue weighted by Gasteiger charge is -2.24. The Morgan fingerprint density at radius 1 is 1.08 bits per heavy atom. The van der Waals surface area contributed by atoms with Gasteiger partial charge in [0.1, 0.15) is 0 Å². The van der Waals surface area contributed by atoms with E-state index < -0.39 is 27.8 Å². The highest BCUT2D eigenvalue weighted by molar-refractivity contribution is 7.93. The number of nitrogens with one attached hydrogen (secondary N) is 1. The van der Waals surface area contributed by atoms with Crippen molar-refractivity contribution >= 4 is 33.3 Å². The molecule has 1 saturated heterocycles. The molecule has 3 rings (SSSR count). The van der Waals surface area contributed by atoms with E-state index in [9.17, 15) is 23.1 Å². The number of hydrogen-bond donors (Lipinski definition) is 2. The Hall–Kier alpha value is -2.35. The molecule has 0 spiro atoms. The van der Waals surface area contributed by atoms with Crippen LogP contribution in [0, 0.1) is 11.8 Å². The Morgan fingerprint density at radius 3 is 2.28 bits per heavy atom. The summed E-state index contributed by atoms with van der Waals surface area (Å²) in [5, 5.41) is 12.0. The van der Waals surface area contributed by atoms with Gasteiger partial charge in [0, 0.05) is 12.2 Å². The number of sulfonamides is 1. The molecule has 7 nitrogen and oxygen atoms in total. The smallest absolute Gasteiger partial charge is 0.307 e. The molecule has 1 aromatic carbocycles. The highest BCUT2D eigenvalue weighted by Crippen LogP contribution is 2.28. The molecule has 0 aromatic heterocycles. The standard InChI is InChI=1S/C17H20N2O5S/c20-16(14-4-1-2-5-15(14)17(21)22)18-12-6-8-13(9-7-12)19-10-3-11-25(19,23)24/h1-2,6-9,14-15H,3-5,10-11H2,(H,18,20)(H,21,22)/t14-,15+/m0/s1. The van der Waals surface area contributed by atoms with Gasteiger partial charge in [-0.1, -0.05) is 12.2 Å². The molecule has 0 saturated carbocycles. The lowest BCUT2D eigenvalue weighted by molar-refractivity contribution is -0.146. The molecule has 1 aromatic rings. The molecule has 0 radical (unpaired) electrons. The summed E-state index contributed by atoms with van der Waals surface area (Å²) < 4.78 is 25.2. The zero-order chi connectivity index (χ0) is 18.0. The Morgan fingerprint density at radius 2 is 1.72 bits per heavy atom. The van der Waals surface area contributed by atoms with Crippen molar-refractivity contribution in [3.63, 3.8) is 0 Å². The maximum Gasteiger partial charge on any atom is 0.307 e. The average Bonchev–Trinajstić information content (AvgIpc) is 2.94. The number of carboxylic acids is 1. The van der Waals surface area contributed by atoms with Crippen LogP contribution in [0.15, 0.2) is 36.4 Å². The molecule has 2 atom stereocenters. The first-order chi connectivity index (χ1) is 11.9. The van der Waals surface area contributed by atoms with E-state index in [0.717, 1.165) is 0 Å². The Bertz CT molecular complexity index is 801. The number of allylic oxidation sites excluding steroid dienone is 2. The number of carboxylic acid groups (broad SMARTS) is 1. The van der Waals surface area contributed by atoms with Gasteiger partial charge in [0.15, 0.2) is 0 Å². The minimum atomic E-state index is -3.24. The van der Waals surface area contributed by atoms with E-state index >= 15 is 0 Å². The number of hydrogen-bond acceptors (Lipinski definition) is 4. The van der Waals surface area contributed by atoms with Gasteiger partial charge in [-0.25, -0.2) is 8.42 Å². The lowest BCUT2D eigenvalue weighted by Crippen LogP contribution is -2.34. The van der Waals surface area contributed by atoms with Crippen LogP contribution in [0.2, 0.25) is 0 Å². The van der Waals surface area contributed by atoms with Gasteiger partial charge in [-0.3, -0.25) is 13.9 Å². The molecule has 0 bridgehead atoms. The first-order valence-corrected chi connectivity index (χ1v) is 9.78. The minimum Gasteiger partial charge on any atom is -0.481 e. The SMILES string of the molecule is O=C(Nc1ccc(N2CCCS2(=O)=O)cc1)[C@H]1CC=CC[C@H]1C(=O)O. The van der Waals surface area contributed by atoms with Gasteiger partial charge in [0.2, 0.25) is 15.9 Å². The summed E-state index contributed by atoms with van der Waals surface area (Å²) >= 11 is 0. The van der Waals surface area contributed by atoms with E-state index in [1.165, 1.54) is 4.31 Å². The van der Waals surface area contributed by atoms with Crippen LogP contribution in [0.4, 0.5) is 11.4 Å². The number of aliphatic carboxylic acids is 1.